The Bertz CT molecular complexity index is 766. The Morgan fingerprint density at radius 2 is 1.23 bits per heavy atom. The molecule has 30 heavy (non-hydrogen) atoms. The maximum absolute atomic E-state index is 9.70. The molecule has 0 saturated heterocycles. The van der Waals surface area contributed by atoms with Gasteiger partial charge in [0.1, 0.15) is 5.75 Å². The Kier molecular flexibility index (Phi) is 12.3. The third-order valence-corrected chi connectivity index (χ3v) is 3.77. The molecule has 0 heterocycles. The van der Waals surface area contributed by atoms with Crippen LogP contribution in [0.4, 0.5) is 0 Å². The Morgan fingerprint density at radius 1 is 0.767 bits per heavy atom. The molecule has 4 N–H and O–H groups in total. The number of hydrogen-bond donors (Lipinski definition) is 4. The molecule has 8 nitrogen and oxygen atoms in total. The molecule has 0 saturated carbocycles. The van der Waals surface area contributed by atoms with E-state index in [-0.39, 0.29) is 24.7 Å². The van der Waals surface area contributed by atoms with Gasteiger partial charge in [0.05, 0.1) is 14.2 Å². The Balaban J connectivity index is 0.000000311. The van der Waals surface area contributed by atoms with Crippen LogP contribution in [0.25, 0.3) is 0 Å². The van der Waals surface area contributed by atoms with Gasteiger partial charge in [0, 0.05) is 38.7 Å². The van der Waals surface area contributed by atoms with Crippen molar-refractivity contribution in [1.82, 2.24) is 0 Å². The summed E-state index contributed by atoms with van der Waals surface area (Å²) in [5.41, 5.74) is 1.73. The van der Waals surface area contributed by atoms with Crippen LogP contribution in [-0.2, 0) is 0 Å². The highest BCUT2D eigenvalue weighted by Gasteiger charge is 2.09. The number of nitrogens with zero attached hydrogens (tertiary/aromatic N) is 2. The van der Waals surface area contributed by atoms with Crippen LogP contribution in [0.1, 0.15) is 24.0 Å². The lowest BCUT2D eigenvalue weighted by Crippen LogP contribution is -1.93. The molecule has 2 aromatic rings. The van der Waals surface area contributed by atoms with Crippen molar-refractivity contribution in [3.05, 3.63) is 47.5 Å². The minimum absolute atomic E-state index is 0.0255. The average Bonchev–Trinajstić information content (AvgIpc) is 2.77. The van der Waals surface area contributed by atoms with Gasteiger partial charge in [-0.15, -0.1) is 0 Å². The first-order valence-electron chi connectivity index (χ1n) is 9.51. The van der Waals surface area contributed by atoms with Crippen LogP contribution in [-0.4, -0.2) is 73.4 Å². The lowest BCUT2D eigenvalue weighted by molar-refractivity contribution is 0.291. The maximum atomic E-state index is 9.70. The minimum atomic E-state index is -0.0255. The van der Waals surface area contributed by atoms with Crippen molar-refractivity contribution >= 4 is 12.4 Å². The minimum Gasteiger partial charge on any atom is -0.508 e. The SMILES string of the molecule is COc1cc(C=NCCCO)cc(OC)c1O.OCCCN=Cc1ccc(O)cc1. The summed E-state index contributed by atoms with van der Waals surface area (Å²) < 4.78 is 10.0. The highest BCUT2D eigenvalue weighted by Crippen LogP contribution is 2.36. The molecule has 0 bridgehead atoms. The van der Waals surface area contributed by atoms with Gasteiger partial charge in [-0.05, 0) is 60.4 Å². The molecule has 0 aromatic heterocycles. The third kappa shape index (κ3) is 9.40. The van der Waals surface area contributed by atoms with Gasteiger partial charge in [-0.1, -0.05) is 0 Å². The fourth-order valence-electron chi connectivity index (χ4n) is 2.21. The van der Waals surface area contributed by atoms with Crippen molar-refractivity contribution in [3.63, 3.8) is 0 Å². The number of rotatable bonds is 10. The summed E-state index contributed by atoms with van der Waals surface area (Å²) in [6, 6.07) is 10.1. The van der Waals surface area contributed by atoms with Crippen LogP contribution in [0.3, 0.4) is 0 Å². The number of aliphatic hydroxyl groups is 2. The van der Waals surface area contributed by atoms with Crippen molar-refractivity contribution in [2.24, 2.45) is 9.98 Å². The van der Waals surface area contributed by atoms with Crippen molar-refractivity contribution in [1.29, 1.82) is 0 Å². The van der Waals surface area contributed by atoms with Gasteiger partial charge in [-0.2, -0.15) is 0 Å². The number of hydrogen-bond acceptors (Lipinski definition) is 8. The molecule has 164 valence electrons. The van der Waals surface area contributed by atoms with E-state index in [9.17, 15) is 5.11 Å². The summed E-state index contributed by atoms with van der Waals surface area (Å²) in [6.07, 6.45) is 4.70. The highest BCUT2D eigenvalue weighted by atomic mass is 16.5. The van der Waals surface area contributed by atoms with Gasteiger partial charge >= 0.3 is 0 Å². The number of phenols is 2. The average molecular weight is 418 g/mol. The molecule has 8 heteroatoms. The number of phenolic OH excluding ortho intramolecular Hbond substituents is 2. The molecular formula is C22H30N2O6. The number of benzene rings is 2. The molecule has 0 atom stereocenters. The first-order valence-corrected chi connectivity index (χ1v) is 9.51. The number of methoxy groups -OCH3 is 2. The largest absolute Gasteiger partial charge is 0.508 e. The lowest BCUT2D eigenvalue weighted by atomic mass is 10.2. The molecular weight excluding hydrogens is 388 g/mol. The van der Waals surface area contributed by atoms with Crippen LogP contribution in [0, 0.1) is 0 Å². The zero-order valence-corrected chi connectivity index (χ0v) is 17.4. The summed E-state index contributed by atoms with van der Waals surface area (Å²) in [5, 5.41) is 35.8. The monoisotopic (exact) mass is 418 g/mol. The number of aliphatic imine (C=N–C) groups is 2. The van der Waals surface area contributed by atoms with E-state index in [0.29, 0.717) is 37.4 Å². The first-order chi connectivity index (χ1) is 14.5. The highest BCUT2D eigenvalue weighted by molar-refractivity contribution is 5.82. The molecule has 0 fully saturated rings. The van der Waals surface area contributed by atoms with E-state index in [1.54, 1.807) is 48.8 Å². The Morgan fingerprint density at radius 3 is 1.67 bits per heavy atom. The van der Waals surface area contributed by atoms with E-state index in [1.165, 1.54) is 14.2 Å². The van der Waals surface area contributed by atoms with Crippen molar-refractivity contribution < 1.29 is 29.9 Å². The molecule has 0 spiro atoms. The van der Waals surface area contributed by atoms with E-state index in [4.69, 9.17) is 24.8 Å². The third-order valence-electron chi connectivity index (χ3n) is 3.77. The van der Waals surface area contributed by atoms with Gasteiger partial charge in [0.2, 0.25) is 5.75 Å². The molecule has 0 radical (unpaired) electrons. The van der Waals surface area contributed by atoms with E-state index < -0.39 is 0 Å². The molecule has 0 aliphatic heterocycles. The molecule has 0 amide bonds. The normalized spacial score (nSPS) is 10.8. The predicted octanol–water partition coefficient (Wildman–Crippen LogP) is 2.40. The standard InChI is InChI=1S/C12H17NO4.C10H13NO2/c1-16-10-6-9(8-13-4-3-5-14)7-11(17-2)12(10)15;12-7-1-6-11-8-9-2-4-10(13)5-3-9/h6-8,14-15H,3-5H2,1-2H3;2-5,8,12-13H,1,6-7H2. The number of aromatic hydroxyl groups is 2. The summed E-state index contributed by atoms with van der Waals surface area (Å²) >= 11 is 0. The van der Waals surface area contributed by atoms with Crippen LogP contribution in [0.2, 0.25) is 0 Å². The molecule has 0 aliphatic rings. The number of ether oxygens (including phenoxy) is 2. The molecule has 2 rings (SSSR count). The lowest BCUT2D eigenvalue weighted by Gasteiger charge is -2.09. The Hall–Kier alpha value is -3.10. The van der Waals surface area contributed by atoms with E-state index >= 15 is 0 Å². The molecule has 0 aliphatic carbocycles. The van der Waals surface area contributed by atoms with Crippen LogP contribution < -0.4 is 9.47 Å². The van der Waals surface area contributed by atoms with Gasteiger partial charge in [0.15, 0.2) is 11.5 Å². The summed E-state index contributed by atoms with van der Waals surface area (Å²) in [5.74, 6) is 0.913. The first kappa shape index (κ1) is 24.9. The second-order valence-corrected chi connectivity index (χ2v) is 6.09. The van der Waals surface area contributed by atoms with E-state index in [0.717, 1.165) is 11.1 Å². The topological polar surface area (TPSA) is 124 Å². The fraction of sp³-hybridized carbons (Fsp3) is 0.364. The van der Waals surface area contributed by atoms with Crippen LogP contribution >= 0.6 is 0 Å². The van der Waals surface area contributed by atoms with Gasteiger partial charge in [0.25, 0.3) is 0 Å². The van der Waals surface area contributed by atoms with Gasteiger partial charge < -0.3 is 29.9 Å². The summed E-state index contributed by atoms with van der Waals surface area (Å²) in [4.78, 5) is 8.23. The summed E-state index contributed by atoms with van der Waals surface area (Å²) in [6.45, 7) is 1.49. The van der Waals surface area contributed by atoms with Gasteiger partial charge in [-0.25, -0.2) is 0 Å². The smallest absolute Gasteiger partial charge is 0.200 e. The molecule has 0 unspecified atom stereocenters. The summed E-state index contributed by atoms with van der Waals surface area (Å²) in [7, 11) is 2.95. The predicted molar refractivity (Wildman–Crippen MR) is 118 cm³/mol. The zero-order chi connectivity index (χ0) is 22.2. The second-order valence-electron chi connectivity index (χ2n) is 6.09. The van der Waals surface area contributed by atoms with Crippen molar-refractivity contribution in [2.75, 3.05) is 40.5 Å². The zero-order valence-electron chi connectivity index (χ0n) is 17.4. The fourth-order valence-corrected chi connectivity index (χ4v) is 2.21. The van der Waals surface area contributed by atoms with Crippen molar-refractivity contribution in [2.45, 2.75) is 12.8 Å². The molecule has 2 aromatic carbocycles. The quantitative estimate of drug-likeness (QED) is 0.347. The van der Waals surface area contributed by atoms with Crippen LogP contribution in [0.5, 0.6) is 23.0 Å². The maximum Gasteiger partial charge on any atom is 0.200 e. The number of aliphatic hydroxyl groups excluding tert-OH is 2. The van der Waals surface area contributed by atoms with Gasteiger partial charge in [-0.3, -0.25) is 9.98 Å². The second kappa shape index (κ2) is 14.8. The van der Waals surface area contributed by atoms with E-state index in [1.807, 2.05) is 0 Å². The Labute approximate surface area is 176 Å². The van der Waals surface area contributed by atoms with E-state index in [2.05, 4.69) is 9.98 Å². The van der Waals surface area contributed by atoms with Crippen LogP contribution in [0.15, 0.2) is 46.4 Å². The van der Waals surface area contributed by atoms with Crippen molar-refractivity contribution in [3.8, 4) is 23.0 Å².